The van der Waals surface area contributed by atoms with Crippen LogP contribution in [0.4, 0.5) is 0 Å². The fourth-order valence-corrected chi connectivity index (χ4v) is 4.64. The summed E-state index contributed by atoms with van der Waals surface area (Å²) in [4.78, 5) is 12.4. The van der Waals surface area contributed by atoms with Crippen molar-refractivity contribution < 1.29 is 9.53 Å². The highest BCUT2D eigenvalue weighted by atomic mass is 16.5. The zero-order chi connectivity index (χ0) is 13.5. The average Bonchev–Trinajstić information content (AvgIpc) is 3.18. The van der Waals surface area contributed by atoms with Gasteiger partial charge < -0.3 is 4.74 Å². The summed E-state index contributed by atoms with van der Waals surface area (Å²) in [6.07, 6.45) is 8.23. The summed E-state index contributed by atoms with van der Waals surface area (Å²) in [5, 5.41) is 0. The van der Waals surface area contributed by atoms with E-state index in [-0.39, 0.29) is 11.9 Å². The predicted molar refractivity (Wildman–Crippen MR) is 76.7 cm³/mol. The molecule has 0 aromatic heterocycles. The molecule has 2 bridgehead atoms. The molecule has 3 aliphatic carbocycles. The number of carbonyl (C=O) groups excluding carboxylic acids is 1. The molecule has 0 saturated heterocycles. The Kier molecular flexibility index (Phi) is 2.90. The van der Waals surface area contributed by atoms with Crippen LogP contribution in [-0.2, 0) is 16.1 Å². The molecule has 3 aliphatic rings. The number of hydrogen-bond donors (Lipinski definition) is 0. The van der Waals surface area contributed by atoms with Crippen molar-refractivity contribution >= 4 is 5.97 Å². The van der Waals surface area contributed by atoms with Crippen LogP contribution in [0.5, 0.6) is 0 Å². The highest BCUT2D eigenvalue weighted by molar-refractivity contribution is 5.73. The molecule has 4 rings (SSSR count). The Morgan fingerprint density at radius 2 is 1.90 bits per heavy atom. The molecule has 0 radical (unpaired) electrons. The van der Waals surface area contributed by atoms with Crippen LogP contribution < -0.4 is 0 Å². The second kappa shape index (κ2) is 4.76. The molecular weight excluding hydrogens is 248 g/mol. The Hall–Kier alpha value is -1.57. The minimum Gasteiger partial charge on any atom is -0.461 e. The lowest BCUT2D eigenvalue weighted by Crippen LogP contribution is -2.27. The van der Waals surface area contributed by atoms with Crippen LogP contribution in [0.2, 0.25) is 0 Å². The summed E-state index contributed by atoms with van der Waals surface area (Å²) in [7, 11) is 0. The molecule has 2 nitrogen and oxygen atoms in total. The number of ether oxygens (including phenoxy) is 1. The van der Waals surface area contributed by atoms with Gasteiger partial charge in [-0.2, -0.15) is 0 Å². The van der Waals surface area contributed by atoms with Gasteiger partial charge in [-0.1, -0.05) is 42.5 Å². The lowest BCUT2D eigenvalue weighted by molar-refractivity contribution is -0.151. The first-order chi connectivity index (χ1) is 9.83. The van der Waals surface area contributed by atoms with Crippen molar-refractivity contribution in [1.29, 1.82) is 0 Å². The Morgan fingerprint density at radius 1 is 1.10 bits per heavy atom. The standard InChI is InChI=1S/C18H20O2/c19-18(20-11-12-4-2-1-3-5-12)16-9-8-15-13-6-7-14(10-13)17(15)16/h1-7,13-17H,8-11H2. The Morgan fingerprint density at radius 3 is 2.75 bits per heavy atom. The van der Waals surface area contributed by atoms with E-state index in [0.717, 1.165) is 23.8 Å². The van der Waals surface area contributed by atoms with Gasteiger partial charge in [0.2, 0.25) is 0 Å². The Bertz CT molecular complexity index is 534. The minimum absolute atomic E-state index is 0.0299. The average molecular weight is 268 g/mol. The number of rotatable bonds is 3. The topological polar surface area (TPSA) is 26.3 Å². The van der Waals surface area contributed by atoms with Crippen LogP contribution in [0.15, 0.2) is 42.5 Å². The third-order valence-electron chi connectivity index (χ3n) is 5.49. The van der Waals surface area contributed by atoms with Crippen LogP contribution in [0.3, 0.4) is 0 Å². The fraction of sp³-hybridized carbons (Fsp3) is 0.500. The molecule has 0 N–H and O–H groups in total. The SMILES string of the molecule is O=C(OCc1ccccc1)C1CCC2C3C=CC(C3)C12. The monoisotopic (exact) mass is 268 g/mol. The summed E-state index contributed by atoms with van der Waals surface area (Å²) < 4.78 is 5.56. The number of benzene rings is 1. The summed E-state index contributed by atoms with van der Waals surface area (Å²) in [6.45, 7) is 0.414. The molecular formula is C18H20O2. The maximum Gasteiger partial charge on any atom is 0.309 e. The molecule has 0 spiro atoms. The Balaban J connectivity index is 1.41. The molecule has 2 heteroatoms. The molecule has 0 amide bonds. The van der Waals surface area contributed by atoms with Crippen molar-refractivity contribution in [2.75, 3.05) is 0 Å². The molecule has 1 aromatic rings. The number of allylic oxidation sites excluding steroid dienone is 2. The molecule has 20 heavy (non-hydrogen) atoms. The summed E-state index contributed by atoms with van der Waals surface area (Å²) in [5.74, 6) is 2.87. The van der Waals surface area contributed by atoms with Crippen LogP contribution in [0.1, 0.15) is 24.8 Å². The largest absolute Gasteiger partial charge is 0.461 e. The van der Waals surface area contributed by atoms with E-state index < -0.39 is 0 Å². The van der Waals surface area contributed by atoms with E-state index in [4.69, 9.17) is 4.74 Å². The van der Waals surface area contributed by atoms with Gasteiger partial charge in [-0.15, -0.1) is 0 Å². The summed E-state index contributed by atoms with van der Waals surface area (Å²) >= 11 is 0. The minimum atomic E-state index is 0.0299. The van der Waals surface area contributed by atoms with Crippen molar-refractivity contribution in [2.24, 2.45) is 29.6 Å². The van der Waals surface area contributed by atoms with Gasteiger partial charge in [-0.05, 0) is 48.5 Å². The van der Waals surface area contributed by atoms with E-state index in [1.165, 1.54) is 12.8 Å². The van der Waals surface area contributed by atoms with Crippen LogP contribution in [0.25, 0.3) is 0 Å². The summed E-state index contributed by atoms with van der Waals surface area (Å²) in [5.41, 5.74) is 1.07. The van der Waals surface area contributed by atoms with Gasteiger partial charge in [0, 0.05) is 0 Å². The van der Waals surface area contributed by atoms with Crippen LogP contribution in [-0.4, -0.2) is 5.97 Å². The highest BCUT2D eigenvalue weighted by Crippen LogP contribution is 2.57. The van der Waals surface area contributed by atoms with Gasteiger partial charge in [0.05, 0.1) is 5.92 Å². The smallest absolute Gasteiger partial charge is 0.309 e. The van der Waals surface area contributed by atoms with E-state index in [2.05, 4.69) is 12.2 Å². The summed E-state index contributed by atoms with van der Waals surface area (Å²) in [6, 6.07) is 9.95. The molecule has 0 heterocycles. The van der Waals surface area contributed by atoms with E-state index in [1.54, 1.807) is 0 Å². The van der Waals surface area contributed by atoms with Gasteiger partial charge in [-0.3, -0.25) is 4.79 Å². The predicted octanol–water partition coefficient (Wildman–Crippen LogP) is 3.58. The van der Waals surface area contributed by atoms with Gasteiger partial charge in [-0.25, -0.2) is 0 Å². The van der Waals surface area contributed by atoms with E-state index in [9.17, 15) is 4.79 Å². The molecule has 5 atom stereocenters. The van der Waals surface area contributed by atoms with Crippen molar-refractivity contribution in [1.82, 2.24) is 0 Å². The third-order valence-corrected chi connectivity index (χ3v) is 5.49. The van der Waals surface area contributed by atoms with Crippen molar-refractivity contribution in [2.45, 2.75) is 25.9 Å². The molecule has 5 unspecified atom stereocenters. The zero-order valence-electron chi connectivity index (χ0n) is 11.6. The highest BCUT2D eigenvalue weighted by Gasteiger charge is 2.53. The second-order valence-corrected chi connectivity index (χ2v) is 6.47. The van der Waals surface area contributed by atoms with Gasteiger partial charge in [0.15, 0.2) is 0 Å². The first-order valence-electron chi connectivity index (χ1n) is 7.72. The normalized spacial score (nSPS) is 37.1. The van der Waals surface area contributed by atoms with E-state index >= 15 is 0 Å². The molecule has 2 fully saturated rings. The van der Waals surface area contributed by atoms with Crippen molar-refractivity contribution in [3.8, 4) is 0 Å². The van der Waals surface area contributed by atoms with Gasteiger partial charge in [0.1, 0.15) is 6.61 Å². The second-order valence-electron chi connectivity index (χ2n) is 6.47. The third kappa shape index (κ3) is 1.90. The van der Waals surface area contributed by atoms with E-state index in [1.807, 2.05) is 30.3 Å². The Labute approximate surface area is 119 Å². The van der Waals surface area contributed by atoms with Crippen LogP contribution in [0, 0.1) is 29.6 Å². The molecule has 0 aliphatic heterocycles. The lowest BCUT2D eigenvalue weighted by atomic mass is 9.81. The molecule has 104 valence electrons. The van der Waals surface area contributed by atoms with Crippen molar-refractivity contribution in [3.05, 3.63) is 48.0 Å². The fourth-order valence-electron chi connectivity index (χ4n) is 4.64. The zero-order valence-corrected chi connectivity index (χ0v) is 11.6. The first-order valence-corrected chi connectivity index (χ1v) is 7.72. The number of esters is 1. The van der Waals surface area contributed by atoms with E-state index in [0.29, 0.717) is 18.4 Å². The maximum absolute atomic E-state index is 12.4. The van der Waals surface area contributed by atoms with Gasteiger partial charge >= 0.3 is 5.97 Å². The molecule has 2 saturated carbocycles. The lowest BCUT2D eigenvalue weighted by Gasteiger charge is -2.24. The first kappa shape index (κ1) is 12.2. The van der Waals surface area contributed by atoms with Crippen molar-refractivity contribution in [3.63, 3.8) is 0 Å². The quantitative estimate of drug-likeness (QED) is 0.618. The number of hydrogen-bond acceptors (Lipinski definition) is 2. The molecule has 1 aromatic carbocycles. The van der Waals surface area contributed by atoms with Crippen LogP contribution >= 0.6 is 0 Å². The number of fused-ring (bicyclic) bond motifs is 5. The maximum atomic E-state index is 12.4. The van der Waals surface area contributed by atoms with Gasteiger partial charge in [0.25, 0.3) is 0 Å². The number of carbonyl (C=O) groups is 1.